The van der Waals surface area contributed by atoms with Crippen LogP contribution in [0, 0.1) is 0 Å². The minimum atomic E-state index is 0.240. The van der Waals surface area contributed by atoms with E-state index in [4.69, 9.17) is 20.8 Å². The van der Waals surface area contributed by atoms with Gasteiger partial charge < -0.3 is 9.15 Å². The van der Waals surface area contributed by atoms with Crippen LogP contribution in [0.25, 0.3) is 0 Å². The van der Waals surface area contributed by atoms with Gasteiger partial charge in [-0.15, -0.1) is 0 Å². The molecule has 0 atom stereocenters. The van der Waals surface area contributed by atoms with Crippen LogP contribution >= 0.6 is 11.6 Å². The summed E-state index contributed by atoms with van der Waals surface area (Å²) in [6.45, 7) is 2.02. The average Bonchev–Trinajstić information content (AvgIpc) is 2.79. The van der Waals surface area contributed by atoms with Gasteiger partial charge in [0, 0.05) is 11.1 Å². The SMILES string of the molecule is CCc1cc(Oc2ccc(C=O)o2)ccc1Cl. The smallest absolute Gasteiger partial charge is 0.290 e. The summed E-state index contributed by atoms with van der Waals surface area (Å²) < 4.78 is 10.6. The fraction of sp³-hybridized carbons (Fsp3) is 0.154. The molecule has 0 unspecified atom stereocenters. The molecule has 0 bridgehead atoms. The molecule has 1 heterocycles. The maximum Gasteiger partial charge on any atom is 0.290 e. The molecule has 0 aliphatic carbocycles. The van der Waals surface area contributed by atoms with Crippen molar-refractivity contribution >= 4 is 17.9 Å². The van der Waals surface area contributed by atoms with Crippen molar-refractivity contribution in [3.05, 3.63) is 46.7 Å². The first-order valence-electron chi connectivity index (χ1n) is 5.24. The van der Waals surface area contributed by atoms with E-state index in [1.54, 1.807) is 24.3 Å². The van der Waals surface area contributed by atoms with Gasteiger partial charge in [-0.2, -0.15) is 0 Å². The lowest BCUT2D eigenvalue weighted by Gasteiger charge is -2.05. The quantitative estimate of drug-likeness (QED) is 0.767. The average molecular weight is 251 g/mol. The summed E-state index contributed by atoms with van der Waals surface area (Å²) in [5.41, 5.74) is 1.01. The number of furan rings is 1. The van der Waals surface area contributed by atoms with Gasteiger partial charge in [-0.1, -0.05) is 18.5 Å². The Hall–Kier alpha value is -1.74. The minimum Gasteiger partial charge on any atom is -0.426 e. The van der Waals surface area contributed by atoms with Crippen LogP contribution in [-0.2, 0) is 6.42 Å². The normalized spacial score (nSPS) is 10.2. The molecule has 0 aliphatic rings. The summed E-state index contributed by atoms with van der Waals surface area (Å²) in [5, 5.41) is 0.716. The molecule has 88 valence electrons. The molecule has 4 heteroatoms. The Kier molecular flexibility index (Phi) is 3.49. The summed E-state index contributed by atoms with van der Waals surface area (Å²) >= 11 is 6.00. The van der Waals surface area contributed by atoms with E-state index in [1.807, 2.05) is 13.0 Å². The zero-order chi connectivity index (χ0) is 12.3. The highest BCUT2D eigenvalue weighted by atomic mass is 35.5. The van der Waals surface area contributed by atoms with Crippen LogP contribution in [0.15, 0.2) is 34.7 Å². The third-order valence-corrected chi connectivity index (χ3v) is 2.70. The highest BCUT2D eigenvalue weighted by Crippen LogP contribution is 2.27. The number of rotatable bonds is 4. The topological polar surface area (TPSA) is 39.4 Å². The fourth-order valence-electron chi connectivity index (χ4n) is 1.45. The van der Waals surface area contributed by atoms with Crippen molar-refractivity contribution in [2.45, 2.75) is 13.3 Å². The van der Waals surface area contributed by atoms with Crippen LogP contribution in [0.5, 0.6) is 11.7 Å². The maximum atomic E-state index is 10.5. The summed E-state index contributed by atoms with van der Waals surface area (Å²) in [6.07, 6.45) is 1.46. The second-order valence-electron chi connectivity index (χ2n) is 3.48. The Labute approximate surface area is 104 Å². The molecular formula is C13H11ClO3. The standard InChI is InChI=1S/C13H11ClO3/c1-2-9-7-10(3-5-12(9)14)16-13-6-4-11(8-15)17-13/h3-8H,2H2,1H3. The Balaban J connectivity index is 2.20. The van der Waals surface area contributed by atoms with E-state index >= 15 is 0 Å². The highest BCUT2D eigenvalue weighted by Gasteiger charge is 2.05. The Morgan fingerprint density at radius 2 is 2.18 bits per heavy atom. The molecular weight excluding hydrogens is 240 g/mol. The highest BCUT2D eigenvalue weighted by molar-refractivity contribution is 6.31. The van der Waals surface area contributed by atoms with E-state index in [0.29, 0.717) is 17.1 Å². The van der Waals surface area contributed by atoms with E-state index in [0.717, 1.165) is 12.0 Å². The second kappa shape index (κ2) is 5.06. The third kappa shape index (κ3) is 2.68. The van der Waals surface area contributed by atoms with Gasteiger partial charge in [0.25, 0.3) is 5.95 Å². The molecule has 17 heavy (non-hydrogen) atoms. The molecule has 0 fully saturated rings. The molecule has 0 saturated heterocycles. The van der Waals surface area contributed by atoms with Gasteiger partial charge in [0.2, 0.25) is 0 Å². The molecule has 0 radical (unpaired) electrons. The molecule has 1 aromatic carbocycles. The number of halogens is 1. The van der Waals surface area contributed by atoms with Crippen LogP contribution in [0.1, 0.15) is 23.0 Å². The van der Waals surface area contributed by atoms with Crippen LogP contribution < -0.4 is 4.74 Å². The molecule has 0 aliphatic heterocycles. The number of ether oxygens (including phenoxy) is 1. The minimum absolute atomic E-state index is 0.240. The van der Waals surface area contributed by atoms with Gasteiger partial charge in [0.15, 0.2) is 12.0 Å². The van der Waals surface area contributed by atoms with Gasteiger partial charge in [-0.3, -0.25) is 4.79 Å². The first-order valence-corrected chi connectivity index (χ1v) is 5.62. The van der Waals surface area contributed by atoms with Gasteiger partial charge in [-0.05, 0) is 36.2 Å². The number of hydrogen-bond donors (Lipinski definition) is 0. The molecule has 3 nitrogen and oxygen atoms in total. The Bertz CT molecular complexity index is 531. The van der Waals surface area contributed by atoms with Crippen LogP contribution in [0.2, 0.25) is 5.02 Å². The Morgan fingerprint density at radius 1 is 1.35 bits per heavy atom. The van der Waals surface area contributed by atoms with Crippen LogP contribution in [0.3, 0.4) is 0 Å². The van der Waals surface area contributed by atoms with Crippen LogP contribution in [-0.4, -0.2) is 6.29 Å². The predicted octanol–water partition coefficient (Wildman–Crippen LogP) is 4.10. The summed E-state index contributed by atoms with van der Waals surface area (Å²) in [5.74, 6) is 1.17. The van der Waals surface area contributed by atoms with Gasteiger partial charge in [-0.25, -0.2) is 0 Å². The molecule has 2 aromatic rings. The predicted molar refractivity (Wildman–Crippen MR) is 65.0 cm³/mol. The monoisotopic (exact) mass is 250 g/mol. The number of benzene rings is 1. The molecule has 2 rings (SSSR count). The largest absolute Gasteiger partial charge is 0.426 e. The first kappa shape index (κ1) is 11.7. The summed E-state index contributed by atoms with van der Waals surface area (Å²) in [6, 6.07) is 8.54. The fourth-order valence-corrected chi connectivity index (χ4v) is 1.71. The molecule has 0 spiro atoms. The van der Waals surface area contributed by atoms with Crippen molar-refractivity contribution < 1.29 is 13.9 Å². The van der Waals surface area contributed by atoms with Crippen molar-refractivity contribution in [2.75, 3.05) is 0 Å². The third-order valence-electron chi connectivity index (χ3n) is 2.33. The second-order valence-corrected chi connectivity index (χ2v) is 3.89. The van der Waals surface area contributed by atoms with E-state index in [1.165, 1.54) is 0 Å². The molecule has 1 aromatic heterocycles. The maximum absolute atomic E-state index is 10.5. The summed E-state index contributed by atoms with van der Waals surface area (Å²) in [7, 11) is 0. The molecule has 0 saturated carbocycles. The van der Waals surface area contributed by atoms with Crippen LogP contribution in [0.4, 0.5) is 0 Å². The number of aldehydes is 1. The lowest BCUT2D eigenvalue weighted by atomic mass is 10.1. The van der Waals surface area contributed by atoms with Gasteiger partial charge in [0.1, 0.15) is 5.75 Å². The lowest BCUT2D eigenvalue weighted by Crippen LogP contribution is -1.86. The zero-order valence-electron chi connectivity index (χ0n) is 9.27. The number of aryl methyl sites for hydroxylation is 1. The zero-order valence-corrected chi connectivity index (χ0v) is 10.0. The lowest BCUT2D eigenvalue weighted by molar-refractivity contribution is 0.109. The number of hydrogen-bond acceptors (Lipinski definition) is 3. The summed E-state index contributed by atoms with van der Waals surface area (Å²) in [4.78, 5) is 10.5. The van der Waals surface area contributed by atoms with E-state index in [9.17, 15) is 4.79 Å². The Morgan fingerprint density at radius 3 is 2.82 bits per heavy atom. The van der Waals surface area contributed by atoms with Gasteiger partial charge >= 0.3 is 0 Å². The molecule has 0 amide bonds. The number of carbonyl (C=O) groups is 1. The van der Waals surface area contributed by atoms with Crippen molar-refractivity contribution in [2.24, 2.45) is 0 Å². The van der Waals surface area contributed by atoms with Crippen molar-refractivity contribution in [3.63, 3.8) is 0 Å². The van der Waals surface area contributed by atoms with Crippen molar-refractivity contribution in [1.29, 1.82) is 0 Å². The van der Waals surface area contributed by atoms with Crippen molar-refractivity contribution in [3.8, 4) is 11.7 Å². The van der Waals surface area contributed by atoms with E-state index < -0.39 is 0 Å². The molecule has 0 N–H and O–H groups in total. The number of carbonyl (C=O) groups excluding carboxylic acids is 1. The van der Waals surface area contributed by atoms with E-state index in [-0.39, 0.29) is 11.7 Å². The first-order chi connectivity index (χ1) is 8.22. The van der Waals surface area contributed by atoms with E-state index in [2.05, 4.69) is 0 Å². The van der Waals surface area contributed by atoms with Crippen molar-refractivity contribution in [1.82, 2.24) is 0 Å². The van der Waals surface area contributed by atoms with Gasteiger partial charge in [0.05, 0.1) is 0 Å².